The van der Waals surface area contributed by atoms with E-state index < -0.39 is 0 Å². The number of hydrogen-bond donors (Lipinski definition) is 3. The summed E-state index contributed by atoms with van der Waals surface area (Å²) in [5.74, 6) is 0.134. The molecule has 3 aromatic heterocycles. The molecule has 4 aromatic rings. The molecule has 1 aromatic carbocycles. The van der Waals surface area contributed by atoms with Crippen molar-refractivity contribution in [2.45, 2.75) is 18.9 Å². The van der Waals surface area contributed by atoms with Gasteiger partial charge in [-0.25, -0.2) is 9.78 Å². The van der Waals surface area contributed by atoms with Crippen molar-refractivity contribution in [3.8, 4) is 17.0 Å². The first kappa shape index (κ1) is 25.2. The Morgan fingerprint density at radius 2 is 1.84 bits per heavy atom. The molecule has 0 unspecified atom stereocenters. The number of pyridine rings is 2. The van der Waals surface area contributed by atoms with E-state index in [1.807, 2.05) is 24.3 Å². The van der Waals surface area contributed by atoms with Crippen molar-refractivity contribution in [3.63, 3.8) is 0 Å². The summed E-state index contributed by atoms with van der Waals surface area (Å²) >= 11 is 0. The number of anilines is 2. The lowest BCUT2D eigenvalue weighted by atomic mass is 10.0. The number of amides is 3. The van der Waals surface area contributed by atoms with Crippen LogP contribution in [0.5, 0.6) is 5.88 Å². The Bertz CT molecular complexity index is 1460. The molecule has 1 aliphatic heterocycles. The number of likely N-dealkylation sites (tertiary alicyclic amines) is 1. The third-order valence-electron chi connectivity index (χ3n) is 6.45. The van der Waals surface area contributed by atoms with Gasteiger partial charge in [-0.3, -0.25) is 14.9 Å². The third-order valence-corrected chi connectivity index (χ3v) is 6.45. The van der Waals surface area contributed by atoms with Crippen LogP contribution in [0.2, 0.25) is 0 Å². The zero-order valence-electron chi connectivity index (χ0n) is 21.6. The second kappa shape index (κ2) is 10.9. The lowest BCUT2D eigenvalue weighted by Gasteiger charge is -2.28. The Morgan fingerprint density at radius 1 is 1.03 bits per heavy atom. The maximum absolute atomic E-state index is 13.2. The lowest BCUT2D eigenvalue weighted by molar-refractivity contribution is 0.102. The Hall–Kier alpha value is -4.51. The molecule has 11 nitrogen and oxygen atoms in total. The summed E-state index contributed by atoms with van der Waals surface area (Å²) in [5, 5.41) is 13.6. The molecule has 4 heterocycles. The number of fused-ring (bicyclic) bond motifs is 1. The highest BCUT2D eigenvalue weighted by atomic mass is 16.5. The first-order valence-electron chi connectivity index (χ1n) is 12.4. The molecule has 0 bridgehead atoms. The molecule has 0 atom stereocenters. The van der Waals surface area contributed by atoms with Crippen LogP contribution >= 0.6 is 0 Å². The predicted octanol–water partition coefficient (Wildman–Crippen LogP) is 3.84. The summed E-state index contributed by atoms with van der Waals surface area (Å²) in [5.41, 5.74) is 3.77. The van der Waals surface area contributed by atoms with Gasteiger partial charge in [0.05, 0.1) is 17.4 Å². The van der Waals surface area contributed by atoms with Crippen LogP contribution in [0.3, 0.4) is 0 Å². The van der Waals surface area contributed by atoms with Gasteiger partial charge in [0, 0.05) is 62.3 Å². The molecule has 11 heteroatoms. The standard InChI is InChI=1S/C27H30N8O3/c1-34(2)27(37)31-20-12-18(15-28-16-20)17-4-5-23-22(13-17)25(33-32-23)26(36)30-19-6-9-29-24(14-19)38-21-7-10-35(3)11-8-21/h4-6,9,12-16,21H,7-8,10-11H2,1-3H3,(H,31,37)(H,32,33)(H,29,30,36). The zero-order chi connectivity index (χ0) is 26.6. The van der Waals surface area contributed by atoms with Crippen LogP contribution in [-0.2, 0) is 0 Å². The van der Waals surface area contributed by atoms with E-state index in [4.69, 9.17) is 4.74 Å². The van der Waals surface area contributed by atoms with E-state index in [-0.39, 0.29) is 23.7 Å². The molecule has 1 aliphatic rings. The minimum absolute atomic E-state index is 0.113. The van der Waals surface area contributed by atoms with Crippen molar-refractivity contribution in [1.82, 2.24) is 30.0 Å². The third kappa shape index (κ3) is 5.73. The maximum atomic E-state index is 13.2. The number of carbonyl (C=O) groups is 2. The number of rotatable bonds is 6. The molecule has 1 saturated heterocycles. The summed E-state index contributed by atoms with van der Waals surface area (Å²) < 4.78 is 6.05. The molecule has 0 spiro atoms. The fourth-order valence-corrected chi connectivity index (χ4v) is 4.28. The highest BCUT2D eigenvalue weighted by molar-refractivity contribution is 6.11. The van der Waals surface area contributed by atoms with Crippen molar-refractivity contribution in [1.29, 1.82) is 0 Å². The first-order valence-corrected chi connectivity index (χ1v) is 12.4. The number of nitrogens with one attached hydrogen (secondary N) is 3. The van der Waals surface area contributed by atoms with Gasteiger partial charge < -0.3 is 25.2 Å². The van der Waals surface area contributed by atoms with Crippen molar-refractivity contribution in [2.75, 3.05) is 44.9 Å². The molecular formula is C27H30N8O3. The van der Waals surface area contributed by atoms with Gasteiger partial charge in [-0.05, 0) is 49.7 Å². The van der Waals surface area contributed by atoms with Crippen molar-refractivity contribution < 1.29 is 14.3 Å². The molecule has 38 heavy (non-hydrogen) atoms. The molecule has 1 fully saturated rings. The van der Waals surface area contributed by atoms with Gasteiger partial charge in [-0.15, -0.1) is 0 Å². The van der Waals surface area contributed by atoms with Gasteiger partial charge in [-0.1, -0.05) is 6.07 Å². The van der Waals surface area contributed by atoms with Gasteiger partial charge in [-0.2, -0.15) is 5.10 Å². The van der Waals surface area contributed by atoms with Crippen molar-refractivity contribution in [2.24, 2.45) is 0 Å². The highest BCUT2D eigenvalue weighted by Crippen LogP contribution is 2.27. The van der Waals surface area contributed by atoms with E-state index in [9.17, 15) is 9.59 Å². The van der Waals surface area contributed by atoms with Crippen LogP contribution in [0, 0.1) is 0 Å². The lowest BCUT2D eigenvalue weighted by Crippen LogP contribution is -2.35. The summed E-state index contributed by atoms with van der Waals surface area (Å²) in [4.78, 5) is 37.5. The maximum Gasteiger partial charge on any atom is 0.321 e. The Morgan fingerprint density at radius 3 is 2.63 bits per heavy atom. The monoisotopic (exact) mass is 514 g/mol. The minimum Gasteiger partial charge on any atom is -0.474 e. The van der Waals surface area contributed by atoms with Crippen LogP contribution in [0.25, 0.3) is 22.0 Å². The smallest absolute Gasteiger partial charge is 0.321 e. The van der Waals surface area contributed by atoms with Crippen molar-refractivity contribution >= 4 is 34.2 Å². The fourth-order valence-electron chi connectivity index (χ4n) is 4.28. The van der Waals surface area contributed by atoms with Crippen molar-refractivity contribution in [3.05, 3.63) is 60.7 Å². The number of hydrogen-bond acceptors (Lipinski definition) is 7. The number of aromatic nitrogens is 4. The average molecular weight is 515 g/mol. The van der Waals surface area contributed by atoms with Gasteiger partial charge in [0.25, 0.3) is 5.91 Å². The Balaban J connectivity index is 1.33. The van der Waals surface area contributed by atoms with E-state index >= 15 is 0 Å². The van der Waals surface area contributed by atoms with Crippen LogP contribution in [0.4, 0.5) is 16.2 Å². The number of H-pyrrole nitrogens is 1. The van der Waals surface area contributed by atoms with E-state index in [2.05, 4.69) is 42.7 Å². The molecule has 3 amide bonds. The molecule has 5 rings (SSSR count). The van der Waals surface area contributed by atoms with Crippen LogP contribution in [-0.4, -0.2) is 82.2 Å². The van der Waals surface area contributed by atoms with Gasteiger partial charge in [0.15, 0.2) is 5.69 Å². The Labute approximate surface area is 220 Å². The number of ether oxygens (including phenoxy) is 1. The fraction of sp³-hybridized carbons (Fsp3) is 0.296. The van der Waals surface area contributed by atoms with Gasteiger partial charge in [0.1, 0.15) is 6.10 Å². The van der Waals surface area contributed by atoms with E-state index in [1.165, 1.54) is 4.90 Å². The normalized spacial score (nSPS) is 14.3. The predicted molar refractivity (Wildman–Crippen MR) is 145 cm³/mol. The number of urea groups is 1. The van der Waals surface area contributed by atoms with Crippen LogP contribution < -0.4 is 15.4 Å². The van der Waals surface area contributed by atoms with E-state index in [0.29, 0.717) is 22.6 Å². The summed E-state index contributed by atoms with van der Waals surface area (Å²) in [7, 11) is 5.44. The first-order chi connectivity index (χ1) is 18.4. The second-order valence-electron chi connectivity index (χ2n) is 9.58. The quantitative estimate of drug-likeness (QED) is 0.357. The second-order valence-corrected chi connectivity index (χ2v) is 9.58. The number of aromatic amines is 1. The number of nitrogens with zero attached hydrogens (tertiary/aromatic N) is 5. The molecule has 3 N–H and O–H groups in total. The molecule has 196 valence electrons. The van der Waals surface area contributed by atoms with E-state index in [1.54, 1.807) is 44.8 Å². The SMILES string of the molecule is CN1CCC(Oc2cc(NC(=O)c3n[nH]c4ccc(-c5cncc(NC(=O)N(C)C)c5)cc34)ccn2)CC1. The van der Waals surface area contributed by atoms with Crippen LogP contribution in [0.15, 0.2) is 55.0 Å². The topological polar surface area (TPSA) is 128 Å². The molecule has 0 aliphatic carbocycles. The van der Waals surface area contributed by atoms with Crippen LogP contribution in [0.1, 0.15) is 23.3 Å². The summed E-state index contributed by atoms with van der Waals surface area (Å²) in [6.45, 7) is 1.97. The summed E-state index contributed by atoms with van der Waals surface area (Å²) in [6.07, 6.45) is 6.90. The Kier molecular flexibility index (Phi) is 7.18. The number of benzene rings is 1. The van der Waals surface area contributed by atoms with Gasteiger partial charge >= 0.3 is 6.03 Å². The minimum atomic E-state index is -0.352. The highest BCUT2D eigenvalue weighted by Gasteiger charge is 2.20. The molecule has 0 radical (unpaired) electrons. The summed E-state index contributed by atoms with van der Waals surface area (Å²) in [6, 6.07) is 10.7. The molecular weight excluding hydrogens is 484 g/mol. The van der Waals surface area contributed by atoms with E-state index in [0.717, 1.165) is 42.6 Å². The molecule has 0 saturated carbocycles. The zero-order valence-corrected chi connectivity index (χ0v) is 21.6. The number of carbonyl (C=O) groups excluding carboxylic acids is 2. The number of piperidine rings is 1. The average Bonchev–Trinajstić information content (AvgIpc) is 3.34. The van der Waals surface area contributed by atoms with Gasteiger partial charge in [0.2, 0.25) is 5.88 Å². The largest absolute Gasteiger partial charge is 0.474 e.